The molecule has 1 saturated carbocycles. The van der Waals surface area contributed by atoms with E-state index >= 15 is 0 Å². The van der Waals surface area contributed by atoms with Crippen LogP contribution in [-0.2, 0) is 4.79 Å². The van der Waals surface area contributed by atoms with Crippen molar-refractivity contribution in [1.82, 2.24) is 10.2 Å². The van der Waals surface area contributed by atoms with E-state index in [1.54, 1.807) is 0 Å². The smallest absolute Gasteiger partial charge is 0.274 e. The lowest BCUT2D eigenvalue weighted by atomic mass is 9.94. The van der Waals surface area contributed by atoms with Crippen LogP contribution in [0.5, 0.6) is 0 Å². The molecule has 0 unspecified atom stereocenters. The van der Waals surface area contributed by atoms with Gasteiger partial charge in [0.2, 0.25) is 0 Å². The number of hydrogen-bond donors (Lipinski definition) is 1. The van der Waals surface area contributed by atoms with Crippen LogP contribution in [0.25, 0.3) is 0 Å². The fraction of sp³-hybridized carbons (Fsp3) is 0.722. The van der Waals surface area contributed by atoms with E-state index in [1.807, 2.05) is 4.90 Å². The van der Waals surface area contributed by atoms with E-state index in [2.05, 4.69) is 34.0 Å². The molecule has 1 heterocycles. The Kier molecular flexibility index (Phi) is 5.83. The fourth-order valence-electron chi connectivity index (χ4n) is 3.85. The number of amides is 1. The van der Waals surface area contributed by atoms with Gasteiger partial charge in [0.25, 0.3) is 5.91 Å². The molecule has 0 spiro atoms. The van der Waals surface area contributed by atoms with Crippen LogP contribution in [-0.4, -0.2) is 27.8 Å². The number of carbonyl (C=O) groups is 1. The highest BCUT2D eigenvalue weighted by atomic mass is 127. The minimum Gasteiger partial charge on any atom is -0.378 e. The zero-order chi connectivity index (χ0) is 15.4. The van der Waals surface area contributed by atoms with Crippen molar-refractivity contribution in [2.75, 3.05) is 11.0 Å². The molecule has 3 rings (SSSR count). The second-order valence-corrected chi connectivity index (χ2v) is 7.75. The third kappa shape index (κ3) is 3.52. The van der Waals surface area contributed by atoms with Gasteiger partial charge in [0.05, 0.1) is 0 Å². The fourth-order valence-corrected chi connectivity index (χ4v) is 4.39. The Labute approximate surface area is 147 Å². The first-order valence-corrected chi connectivity index (χ1v) is 10.4. The molecule has 0 radical (unpaired) electrons. The first-order valence-electron chi connectivity index (χ1n) is 8.89. The molecule has 22 heavy (non-hydrogen) atoms. The number of alkyl halides is 1. The van der Waals surface area contributed by atoms with Crippen molar-refractivity contribution in [3.05, 3.63) is 23.0 Å². The SMILES string of the molecule is O=C1C(NC2CCCCC2)=C2CCCC=C2N1CCCCI. The Morgan fingerprint density at radius 3 is 2.77 bits per heavy atom. The number of nitrogens with one attached hydrogen (secondary N) is 1. The summed E-state index contributed by atoms with van der Waals surface area (Å²) in [5, 5.41) is 3.63. The molecule has 0 aromatic carbocycles. The molecule has 0 aromatic heterocycles. The van der Waals surface area contributed by atoms with Crippen LogP contribution in [0.2, 0.25) is 0 Å². The van der Waals surface area contributed by atoms with Gasteiger partial charge in [0.15, 0.2) is 0 Å². The number of nitrogens with zero attached hydrogens (tertiary/aromatic N) is 1. The van der Waals surface area contributed by atoms with Crippen LogP contribution in [0.15, 0.2) is 23.0 Å². The van der Waals surface area contributed by atoms with Crippen molar-refractivity contribution in [3.63, 3.8) is 0 Å². The number of carbonyl (C=O) groups excluding carboxylic acids is 1. The van der Waals surface area contributed by atoms with Gasteiger partial charge in [-0.3, -0.25) is 4.79 Å². The largest absolute Gasteiger partial charge is 0.378 e. The minimum atomic E-state index is 0.238. The first-order chi connectivity index (χ1) is 10.8. The van der Waals surface area contributed by atoms with E-state index in [4.69, 9.17) is 0 Å². The van der Waals surface area contributed by atoms with E-state index in [0.29, 0.717) is 6.04 Å². The first kappa shape index (κ1) is 16.3. The van der Waals surface area contributed by atoms with Crippen LogP contribution in [0.3, 0.4) is 0 Å². The van der Waals surface area contributed by atoms with Gasteiger partial charge in [0, 0.05) is 23.9 Å². The van der Waals surface area contributed by atoms with Crippen molar-refractivity contribution in [2.24, 2.45) is 0 Å². The van der Waals surface area contributed by atoms with Crippen molar-refractivity contribution in [1.29, 1.82) is 0 Å². The Balaban J connectivity index is 1.73. The van der Waals surface area contributed by atoms with Crippen molar-refractivity contribution in [2.45, 2.75) is 70.3 Å². The van der Waals surface area contributed by atoms with Crippen molar-refractivity contribution < 1.29 is 4.79 Å². The number of allylic oxidation sites excluding steroid dienone is 2. The molecule has 0 saturated heterocycles. The molecule has 0 aromatic rings. The summed E-state index contributed by atoms with van der Waals surface area (Å²) in [7, 11) is 0. The molecule has 1 N–H and O–H groups in total. The summed E-state index contributed by atoms with van der Waals surface area (Å²) >= 11 is 2.42. The Hall–Kier alpha value is -0.520. The summed E-state index contributed by atoms with van der Waals surface area (Å²) in [6.07, 6.45) is 14.4. The predicted molar refractivity (Wildman–Crippen MR) is 98.8 cm³/mol. The van der Waals surface area contributed by atoms with Gasteiger partial charge in [-0.2, -0.15) is 0 Å². The van der Waals surface area contributed by atoms with Gasteiger partial charge in [0.1, 0.15) is 5.70 Å². The molecule has 3 nitrogen and oxygen atoms in total. The number of rotatable bonds is 6. The third-order valence-electron chi connectivity index (χ3n) is 5.05. The summed E-state index contributed by atoms with van der Waals surface area (Å²) in [6.45, 7) is 0.882. The standard InChI is InChI=1S/C18H27IN2O/c19-12-6-7-13-21-16-11-5-4-10-15(16)17(18(21)22)20-14-8-2-1-3-9-14/h11,14,20H,1-10,12-13H2. The summed E-state index contributed by atoms with van der Waals surface area (Å²) in [4.78, 5) is 15.0. The molecular weight excluding hydrogens is 387 g/mol. The maximum atomic E-state index is 12.9. The Morgan fingerprint density at radius 1 is 1.18 bits per heavy atom. The second-order valence-electron chi connectivity index (χ2n) is 6.67. The third-order valence-corrected chi connectivity index (χ3v) is 5.81. The van der Waals surface area contributed by atoms with Gasteiger partial charge in [-0.05, 0) is 49.4 Å². The quantitative estimate of drug-likeness (QED) is 0.400. The topological polar surface area (TPSA) is 32.3 Å². The van der Waals surface area contributed by atoms with E-state index < -0.39 is 0 Å². The molecule has 1 fully saturated rings. The highest BCUT2D eigenvalue weighted by Crippen LogP contribution is 2.36. The Bertz CT molecular complexity index is 477. The molecule has 3 aliphatic rings. The molecular formula is C18H27IN2O. The number of unbranched alkanes of at least 4 members (excludes halogenated alkanes) is 1. The number of hydrogen-bond acceptors (Lipinski definition) is 2. The lowest BCUT2D eigenvalue weighted by Crippen LogP contribution is -2.36. The molecule has 0 bridgehead atoms. The van der Waals surface area contributed by atoms with Crippen molar-refractivity contribution >= 4 is 28.5 Å². The van der Waals surface area contributed by atoms with Crippen LogP contribution in [0.1, 0.15) is 64.2 Å². The highest BCUT2D eigenvalue weighted by Gasteiger charge is 2.36. The van der Waals surface area contributed by atoms with E-state index in [-0.39, 0.29) is 5.91 Å². The van der Waals surface area contributed by atoms with Gasteiger partial charge in [-0.1, -0.05) is 47.9 Å². The maximum Gasteiger partial charge on any atom is 0.274 e. The lowest BCUT2D eigenvalue weighted by molar-refractivity contribution is -0.124. The number of fused-ring (bicyclic) bond motifs is 1. The van der Waals surface area contributed by atoms with E-state index in [9.17, 15) is 4.79 Å². The summed E-state index contributed by atoms with van der Waals surface area (Å²) in [6, 6.07) is 0.512. The normalized spacial score (nSPS) is 22.9. The van der Waals surface area contributed by atoms with E-state index in [1.165, 1.54) is 60.6 Å². The average Bonchev–Trinajstić information content (AvgIpc) is 2.82. The molecule has 1 aliphatic heterocycles. The molecule has 4 heteroatoms. The molecule has 2 aliphatic carbocycles. The van der Waals surface area contributed by atoms with Crippen LogP contribution in [0.4, 0.5) is 0 Å². The molecule has 122 valence electrons. The average molecular weight is 414 g/mol. The minimum absolute atomic E-state index is 0.238. The predicted octanol–water partition coefficient (Wildman–Crippen LogP) is 4.29. The highest BCUT2D eigenvalue weighted by molar-refractivity contribution is 14.1. The summed E-state index contributed by atoms with van der Waals surface area (Å²) in [5.74, 6) is 0.238. The zero-order valence-corrected chi connectivity index (χ0v) is 15.5. The zero-order valence-electron chi connectivity index (χ0n) is 13.4. The lowest BCUT2D eigenvalue weighted by Gasteiger charge is -2.24. The summed E-state index contributed by atoms with van der Waals surface area (Å²) < 4.78 is 1.17. The van der Waals surface area contributed by atoms with Gasteiger partial charge >= 0.3 is 0 Å². The van der Waals surface area contributed by atoms with Crippen molar-refractivity contribution in [3.8, 4) is 0 Å². The van der Waals surface area contributed by atoms with E-state index in [0.717, 1.165) is 31.5 Å². The maximum absolute atomic E-state index is 12.9. The second kappa shape index (κ2) is 7.84. The van der Waals surface area contributed by atoms with Gasteiger partial charge in [-0.25, -0.2) is 0 Å². The molecule has 0 atom stereocenters. The monoisotopic (exact) mass is 414 g/mol. The number of halogens is 1. The van der Waals surface area contributed by atoms with Gasteiger partial charge < -0.3 is 10.2 Å². The van der Waals surface area contributed by atoms with Crippen LogP contribution in [0, 0.1) is 0 Å². The summed E-state index contributed by atoms with van der Waals surface area (Å²) in [5.41, 5.74) is 3.46. The van der Waals surface area contributed by atoms with Gasteiger partial charge in [-0.15, -0.1) is 0 Å². The van der Waals surface area contributed by atoms with Crippen LogP contribution >= 0.6 is 22.6 Å². The Morgan fingerprint density at radius 2 is 2.00 bits per heavy atom. The van der Waals surface area contributed by atoms with Crippen LogP contribution < -0.4 is 5.32 Å². The molecule has 1 amide bonds.